The van der Waals surface area contributed by atoms with Gasteiger partial charge >= 0.3 is 0 Å². The number of fused-ring (bicyclic) bond motifs is 1. The number of carbonyl (C=O) groups excluding carboxylic acids is 1. The molecule has 176 valence electrons. The number of hydrogen-bond acceptors (Lipinski definition) is 8. The summed E-state index contributed by atoms with van der Waals surface area (Å²) in [6, 6.07) is 19.7. The van der Waals surface area contributed by atoms with Crippen LogP contribution in [-0.2, 0) is 4.79 Å². The van der Waals surface area contributed by atoms with E-state index in [1.807, 2.05) is 0 Å². The predicted octanol–water partition coefficient (Wildman–Crippen LogP) is 3.54. The summed E-state index contributed by atoms with van der Waals surface area (Å²) in [6.07, 6.45) is 1.38. The van der Waals surface area contributed by atoms with Gasteiger partial charge in [-0.05, 0) is 54.1 Å². The summed E-state index contributed by atoms with van der Waals surface area (Å²) in [6.45, 7) is 0. The molecule has 0 radical (unpaired) electrons. The van der Waals surface area contributed by atoms with Crippen LogP contribution in [0.5, 0.6) is 5.75 Å². The molecule has 11 heteroatoms. The Labute approximate surface area is 203 Å². The predicted molar refractivity (Wildman–Crippen MR) is 133 cm³/mol. The summed E-state index contributed by atoms with van der Waals surface area (Å²) >= 11 is 1.10. The van der Waals surface area contributed by atoms with Crippen LogP contribution in [0.2, 0.25) is 0 Å². The van der Waals surface area contributed by atoms with E-state index >= 15 is 0 Å². The summed E-state index contributed by atoms with van der Waals surface area (Å²) in [4.78, 5) is 40.4. The van der Waals surface area contributed by atoms with E-state index < -0.39 is 10.8 Å². The number of benzene rings is 3. The van der Waals surface area contributed by atoms with Gasteiger partial charge in [0.25, 0.3) is 17.2 Å². The topological polar surface area (TPSA) is 129 Å². The summed E-state index contributed by atoms with van der Waals surface area (Å²) in [5.41, 5.74) is 3.84. The fourth-order valence-corrected chi connectivity index (χ4v) is 4.00. The lowest BCUT2D eigenvalue weighted by atomic mass is 10.2. The van der Waals surface area contributed by atoms with Crippen LogP contribution in [-0.4, -0.2) is 39.5 Å². The quantitative estimate of drug-likeness (QED) is 0.132. The van der Waals surface area contributed by atoms with E-state index in [-0.39, 0.29) is 17.0 Å². The molecular formula is C24H19N5O5S. The number of nitrogens with zero attached hydrogens (tertiary/aromatic N) is 4. The minimum atomic E-state index is -0.494. The Morgan fingerprint density at radius 2 is 1.86 bits per heavy atom. The Morgan fingerprint density at radius 3 is 2.54 bits per heavy atom. The van der Waals surface area contributed by atoms with E-state index in [0.29, 0.717) is 33.1 Å². The first kappa shape index (κ1) is 23.6. The first-order valence-corrected chi connectivity index (χ1v) is 11.3. The summed E-state index contributed by atoms with van der Waals surface area (Å²) in [5, 5.41) is 15.4. The molecule has 0 saturated carbocycles. The molecule has 0 atom stereocenters. The van der Waals surface area contributed by atoms with Gasteiger partial charge in [0.05, 0.1) is 40.6 Å². The monoisotopic (exact) mass is 489 g/mol. The van der Waals surface area contributed by atoms with Crippen LogP contribution >= 0.6 is 11.8 Å². The molecule has 0 aliphatic heterocycles. The van der Waals surface area contributed by atoms with E-state index in [4.69, 9.17) is 4.74 Å². The molecule has 3 aromatic carbocycles. The number of rotatable bonds is 8. The SMILES string of the molecule is COc1ccc(-n2c(SCC(=O)NN=Cc3ccc([N+](=O)[O-])cc3)nc3ccccc3c2=O)cc1. The minimum absolute atomic E-state index is 0.0339. The van der Waals surface area contributed by atoms with Crippen LogP contribution in [0.25, 0.3) is 16.6 Å². The maximum atomic E-state index is 13.3. The van der Waals surface area contributed by atoms with Crippen LogP contribution in [0.15, 0.2) is 87.8 Å². The van der Waals surface area contributed by atoms with E-state index in [0.717, 1.165) is 11.8 Å². The number of para-hydroxylation sites is 1. The first-order chi connectivity index (χ1) is 17.0. The van der Waals surface area contributed by atoms with Crippen molar-refractivity contribution in [1.82, 2.24) is 15.0 Å². The Hall–Kier alpha value is -4.51. The molecule has 0 aliphatic carbocycles. The zero-order chi connectivity index (χ0) is 24.8. The Bertz CT molecular complexity index is 1470. The Balaban J connectivity index is 1.52. The third kappa shape index (κ3) is 5.53. The molecule has 0 unspecified atom stereocenters. The highest BCUT2D eigenvalue weighted by molar-refractivity contribution is 7.99. The van der Waals surface area contributed by atoms with Crippen LogP contribution in [0.3, 0.4) is 0 Å². The number of nitro benzene ring substituents is 1. The summed E-state index contributed by atoms with van der Waals surface area (Å²) in [5.74, 6) is 0.199. The number of thioether (sulfide) groups is 1. The van der Waals surface area contributed by atoms with Gasteiger partial charge in [0, 0.05) is 12.1 Å². The van der Waals surface area contributed by atoms with E-state index in [1.54, 1.807) is 55.6 Å². The van der Waals surface area contributed by atoms with E-state index in [2.05, 4.69) is 15.5 Å². The second-order valence-electron chi connectivity index (χ2n) is 7.18. The van der Waals surface area contributed by atoms with Gasteiger partial charge in [-0.15, -0.1) is 0 Å². The van der Waals surface area contributed by atoms with Crippen molar-refractivity contribution in [2.45, 2.75) is 5.16 Å². The number of hydrogen-bond donors (Lipinski definition) is 1. The largest absolute Gasteiger partial charge is 0.497 e. The van der Waals surface area contributed by atoms with Crippen molar-refractivity contribution in [2.24, 2.45) is 5.10 Å². The van der Waals surface area contributed by atoms with Crippen LogP contribution < -0.4 is 15.7 Å². The standard InChI is InChI=1S/C24H19N5O5S/c1-34-19-12-10-17(11-13-19)28-23(31)20-4-2-3-5-21(20)26-24(28)35-15-22(30)27-25-14-16-6-8-18(9-7-16)29(32)33/h2-14H,15H2,1H3,(H,27,30). The van der Waals surface area contributed by atoms with Crippen molar-refractivity contribution in [2.75, 3.05) is 12.9 Å². The number of amides is 1. The van der Waals surface area contributed by atoms with E-state index in [1.165, 1.54) is 35.0 Å². The van der Waals surface area contributed by atoms with Crippen LogP contribution in [0.1, 0.15) is 5.56 Å². The first-order valence-electron chi connectivity index (χ1n) is 10.3. The van der Waals surface area contributed by atoms with E-state index in [9.17, 15) is 19.7 Å². The average molecular weight is 490 g/mol. The average Bonchev–Trinajstić information content (AvgIpc) is 2.88. The lowest BCUT2D eigenvalue weighted by molar-refractivity contribution is -0.384. The number of methoxy groups -OCH3 is 1. The summed E-state index contributed by atoms with van der Waals surface area (Å²) < 4.78 is 6.65. The number of carbonyl (C=O) groups is 1. The number of nitrogens with one attached hydrogen (secondary N) is 1. The number of ether oxygens (including phenoxy) is 1. The molecule has 0 saturated heterocycles. The molecule has 1 aromatic heterocycles. The van der Waals surface area contributed by atoms with Crippen molar-refractivity contribution in [3.8, 4) is 11.4 Å². The van der Waals surface area contributed by atoms with Gasteiger partial charge in [-0.2, -0.15) is 5.10 Å². The third-order valence-electron chi connectivity index (χ3n) is 4.91. The maximum absolute atomic E-state index is 13.3. The van der Waals surface area contributed by atoms with Crippen molar-refractivity contribution < 1.29 is 14.5 Å². The lowest BCUT2D eigenvalue weighted by Crippen LogP contribution is -2.24. The number of hydrazone groups is 1. The van der Waals surface area contributed by atoms with Crippen molar-refractivity contribution in [3.63, 3.8) is 0 Å². The molecule has 0 fully saturated rings. The van der Waals surface area contributed by atoms with Crippen molar-refractivity contribution >= 4 is 40.5 Å². The summed E-state index contributed by atoms with van der Waals surface area (Å²) in [7, 11) is 1.56. The highest BCUT2D eigenvalue weighted by Gasteiger charge is 2.15. The van der Waals surface area contributed by atoms with Gasteiger partial charge in [-0.3, -0.25) is 24.3 Å². The molecule has 0 spiro atoms. The number of non-ortho nitro benzene ring substituents is 1. The second-order valence-corrected chi connectivity index (χ2v) is 8.12. The molecule has 1 heterocycles. The Morgan fingerprint density at radius 1 is 1.14 bits per heavy atom. The van der Waals surface area contributed by atoms with Crippen LogP contribution in [0, 0.1) is 10.1 Å². The maximum Gasteiger partial charge on any atom is 0.269 e. The van der Waals surface area contributed by atoms with Gasteiger partial charge < -0.3 is 4.74 Å². The lowest BCUT2D eigenvalue weighted by Gasteiger charge is -2.13. The van der Waals surface area contributed by atoms with Gasteiger partial charge in [0.15, 0.2) is 5.16 Å². The molecule has 10 nitrogen and oxygen atoms in total. The van der Waals surface area contributed by atoms with Gasteiger partial charge in [0.2, 0.25) is 0 Å². The minimum Gasteiger partial charge on any atom is -0.497 e. The number of aromatic nitrogens is 2. The molecular weight excluding hydrogens is 470 g/mol. The van der Waals surface area contributed by atoms with Gasteiger partial charge in [-0.25, -0.2) is 10.4 Å². The molecule has 0 bridgehead atoms. The molecule has 1 N–H and O–H groups in total. The number of nitro groups is 1. The van der Waals surface area contributed by atoms with Gasteiger partial charge in [0.1, 0.15) is 5.75 Å². The van der Waals surface area contributed by atoms with Gasteiger partial charge in [-0.1, -0.05) is 23.9 Å². The molecule has 4 aromatic rings. The normalized spacial score (nSPS) is 11.0. The molecule has 35 heavy (non-hydrogen) atoms. The third-order valence-corrected chi connectivity index (χ3v) is 5.85. The van der Waals surface area contributed by atoms with Crippen molar-refractivity contribution in [1.29, 1.82) is 0 Å². The highest BCUT2D eigenvalue weighted by Crippen LogP contribution is 2.22. The van der Waals surface area contributed by atoms with Crippen molar-refractivity contribution in [3.05, 3.63) is 98.8 Å². The molecule has 4 rings (SSSR count). The molecule has 1 amide bonds. The van der Waals surface area contributed by atoms with Crippen LogP contribution in [0.4, 0.5) is 5.69 Å². The fraction of sp³-hybridized carbons (Fsp3) is 0.0833. The zero-order valence-electron chi connectivity index (χ0n) is 18.5. The smallest absolute Gasteiger partial charge is 0.269 e. The fourth-order valence-electron chi connectivity index (χ4n) is 3.19. The molecule has 0 aliphatic rings. The second kappa shape index (κ2) is 10.6. The zero-order valence-corrected chi connectivity index (χ0v) is 19.3. The highest BCUT2D eigenvalue weighted by atomic mass is 32.2. The Kier molecular flexibility index (Phi) is 7.17.